The van der Waals surface area contributed by atoms with Crippen LogP contribution in [0.3, 0.4) is 0 Å². The van der Waals surface area contributed by atoms with Gasteiger partial charge in [-0.1, -0.05) is 97.1 Å². The van der Waals surface area contributed by atoms with Gasteiger partial charge < -0.3 is 0 Å². The minimum absolute atomic E-state index is 0.659. The molecular formula is C34H28. The van der Waals surface area contributed by atoms with Crippen molar-refractivity contribution in [2.24, 2.45) is 5.92 Å². The molecule has 0 bridgehead atoms. The van der Waals surface area contributed by atoms with E-state index in [1.165, 1.54) is 72.7 Å². The zero-order valence-electron chi connectivity index (χ0n) is 19.4. The average molecular weight is 437 g/mol. The lowest BCUT2D eigenvalue weighted by Gasteiger charge is -2.27. The lowest BCUT2D eigenvalue weighted by molar-refractivity contribution is 0.573. The molecule has 0 N–H and O–H groups in total. The molecule has 7 rings (SSSR count). The molecular weight excluding hydrogens is 408 g/mol. The minimum Gasteiger partial charge on any atom is -0.0842 e. The first kappa shape index (κ1) is 19.8. The minimum atomic E-state index is 0.659. The van der Waals surface area contributed by atoms with Crippen molar-refractivity contribution in [3.05, 3.63) is 113 Å². The Morgan fingerprint density at radius 3 is 2.24 bits per heavy atom. The molecule has 3 aliphatic carbocycles. The van der Waals surface area contributed by atoms with E-state index in [2.05, 4.69) is 103 Å². The van der Waals surface area contributed by atoms with Crippen LogP contribution in [-0.4, -0.2) is 0 Å². The molecule has 0 heterocycles. The van der Waals surface area contributed by atoms with Gasteiger partial charge in [-0.25, -0.2) is 0 Å². The summed E-state index contributed by atoms with van der Waals surface area (Å²) in [4.78, 5) is 0. The maximum absolute atomic E-state index is 2.50. The topological polar surface area (TPSA) is 0 Å². The van der Waals surface area contributed by atoms with Gasteiger partial charge in [0, 0.05) is 0 Å². The monoisotopic (exact) mass is 436 g/mol. The molecule has 0 radical (unpaired) electrons. The Balaban J connectivity index is 1.54. The van der Waals surface area contributed by atoms with Gasteiger partial charge in [-0.05, 0) is 104 Å². The summed E-state index contributed by atoms with van der Waals surface area (Å²) in [5.74, 6) is 0.659. The predicted molar refractivity (Wildman–Crippen MR) is 147 cm³/mol. The van der Waals surface area contributed by atoms with E-state index in [1.807, 2.05) is 0 Å². The van der Waals surface area contributed by atoms with Crippen molar-refractivity contribution in [3.8, 4) is 11.1 Å². The highest BCUT2D eigenvalue weighted by Crippen LogP contribution is 2.39. The molecule has 34 heavy (non-hydrogen) atoms. The number of hydrogen-bond acceptors (Lipinski definition) is 0. The lowest BCUT2D eigenvalue weighted by atomic mass is 9.77. The Bertz CT molecular complexity index is 1670. The normalized spacial score (nSPS) is 19.0. The molecule has 0 heteroatoms. The summed E-state index contributed by atoms with van der Waals surface area (Å²) in [5.41, 5.74) is 7.20. The molecule has 0 saturated heterocycles. The van der Waals surface area contributed by atoms with E-state index < -0.39 is 0 Å². The Morgan fingerprint density at radius 1 is 0.647 bits per heavy atom. The summed E-state index contributed by atoms with van der Waals surface area (Å²) in [5, 5.41) is 8.24. The Morgan fingerprint density at radius 2 is 1.38 bits per heavy atom. The standard InChI is InChI=1S/C34H28/c1-3-11-25-21-27(19-17-23(25)9-1)33-29-13-5-7-15-31(29)34(32-16-8-6-14-30(32)33)28-20-18-24-10-2-4-12-26(24)22-28/h1-3,5,7,9-11,13-21,26H,4,6,8,12,22H2. The van der Waals surface area contributed by atoms with Crippen LogP contribution in [0.2, 0.25) is 0 Å². The van der Waals surface area contributed by atoms with Crippen molar-refractivity contribution < 1.29 is 0 Å². The molecule has 164 valence electrons. The van der Waals surface area contributed by atoms with Gasteiger partial charge in [0.1, 0.15) is 0 Å². The Labute approximate surface area is 200 Å². The lowest BCUT2D eigenvalue weighted by Crippen LogP contribution is -2.33. The summed E-state index contributed by atoms with van der Waals surface area (Å²) >= 11 is 0. The van der Waals surface area contributed by atoms with E-state index in [0.29, 0.717) is 5.92 Å². The fourth-order valence-electron chi connectivity index (χ4n) is 6.31. The van der Waals surface area contributed by atoms with Crippen LogP contribution in [0.5, 0.6) is 0 Å². The highest BCUT2D eigenvalue weighted by atomic mass is 14.3. The molecule has 4 aromatic rings. The molecule has 0 aliphatic heterocycles. The third kappa shape index (κ3) is 3.13. The van der Waals surface area contributed by atoms with Crippen LogP contribution in [0, 0.1) is 5.92 Å². The van der Waals surface area contributed by atoms with Crippen LogP contribution in [0.15, 0.2) is 96.6 Å². The van der Waals surface area contributed by atoms with Crippen LogP contribution < -0.4 is 10.4 Å². The van der Waals surface area contributed by atoms with Crippen LogP contribution in [0.4, 0.5) is 0 Å². The summed E-state index contributed by atoms with van der Waals surface area (Å²) in [6.07, 6.45) is 20.3. The molecule has 0 fully saturated rings. The predicted octanol–water partition coefficient (Wildman–Crippen LogP) is 7.69. The van der Waals surface area contributed by atoms with Gasteiger partial charge in [0.05, 0.1) is 0 Å². The van der Waals surface area contributed by atoms with Crippen LogP contribution >= 0.6 is 0 Å². The molecule has 1 unspecified atom stereocenters. The highest BCUT2D eigenvalue weighted by molar-refractivity contribution is 6.05. The third-order valence-corrected chi connectivity index (χ3v) is 7.92. The highest BCUT2D eigenvalue weighted by Gasteiger charge is 2.23. The summed E-state index contributed by atoms with van der Waals surface area (Å²) in [7, 11) is 0. The third-order valence-electron chi connectivity index (χ3n) is 7.92. The van der Waals surface area contributed by atoms with Gasteiger partial charge in [-0.15, -0.1) is 0 Å². The number of allylic oxidation sites excluding steroid dienone is 6. The number of rotatable bonds is 2. The van der Waals surface area contributed by atoms with Gasteiger partial charge in [0.15, 0.2) is 0 Å². The first-order chi connectivity index (χ1) is 16.9. The van der Waals surface area contributed by atoms with E-state index in [1.54, 1.807) is 0 Å². The Hall–Kier alpha value is -3.64. The summed E-state index contributed by atoms with van der Waals surface area (Å²) in [6.45, 7) is 0. The van der Waals surface area contributed by atoms with Crippen LogP contribution in [0.25, 0.3) is 50.4 Å². The average Bonchev–Trinajstić information content (AvgIpc) is 2.91. The molecule has 4 aromatic carbocycles. The first-order valence-electron chi connectivity index (χ1n) is 12.7. The molecule has 0 saturated carbocycles. The number of benzene rings is 4. The Kier molecular flexibility index (Phi) is 4.65. The molecule has 0 amide bonds. The van der Waals surface area contributed by atoms with Crippen molar-refractivity contribution in [1.82, 2.24) is 0 Å². The second-order valence-corrected chi connectivity index (χ2v) is 9.91. The van der Waals surface area contributed by atoms with Crippen molar-refractivity contribution in [3.63, 3.8) is 0 Å². The SMILES string of the molecule is C1=CC2=CC=C(c3c4c(c(-c5ccc6ccccc6c5)c5ccccc35)=CCCC=4)CC2CC1. The fourth-order valence-corrected chi connectivity index (χ4v) is 6.31. The quantitative estimate of drug-likeness (QED) is 0.302. The maximum Gasteiger partial charge on any atom is -0.00295 e. The van der Waals surface area contributed by atoms with Crippen LogP contribution in [0.1, 0.15) is 37.7 Å². The van der Waals surface area contributed by atoms with E-state index >= 15 is 0 Å². The summed E-state index contributed by atoms with van der Waals surface area (Å²) < 4.78 is 0. The van der Waals surface area contributed by atoms with Crippen LogP contribution in [-0.2, 0) is 0 Å². The van der Waals surface area contributed by atoms with Crippen molar-refractivity contribution >= 4 is 39.3 Å². The molecule has 0 nitrogen and oxygen atoms in total. The van der Waals surface area contributed by atoms with Gasteiger partial charge in [0.25, 0.3) is 0 Å². The van der Waals surface area contributed by atoms with E-state index in [4.69, 9.17) is 0 Å². The zero-order chi connectivity index (χ0) is 22.5. The second kappa shape index (κ2) is 7.99. The number of hydrogen-bond donors (Lipinski definition) is 0. The number of fused-ring (bicyclic) bond motifs is 4. The molecule has 1 atom stereocenters. The van der Waals surface area contributed by atoms with Crippen molar-refractivity contribution in [2.75, 3.05) is 0 Å². The smallest absolute Gasteiger partial charge is 0.00295 e. The van der Waals surface area contributed by atoms with Gasteiger partial charge >= 0.3 is 0 Å². The molecule has 3 aliphatic rings. The largest absolute Gasteiger partial charge is 0.0842 e. The molecule has 0 aromatic heterocycles. The summed E-state index contributed by atoms with van der Waals surface area (Å²) in [6, 6.07) is 24.8. The molecule has 0 spiro atoms. The van der Waals surface area contributed by atoms with Crippen molar-refractivity contribution in [1.29, 1.82) is 0 Å². The van der Waals surface area contributed by atoms with E-state index in [-0.39, 0.29) is 0 Å². The second-order valence-electron chi connectivity index (χ2n) is 9.91. The van der Waals surface area contributed by atoms with Gasteiger partial charge in [-0.3, -0.25) is 0 Å². The van der Waals surface area contributed by atoms with E-state index in [0.717, 1.165) is 19.3 Å². The maximum atomic E-state index is 2.50. The fraction of sp³-hybridized carbons (Fsp3) is 0.176. The first-order valence-corrected chi connectivity index (χ1v) is 12.7. The van der Waals surface area contributed by atoms with Crippen molar-refractivity contribution in [2.45, 2.75) is 32.1 Å². The van der Waals surface area contributed by atoms with Gasteiger partial charge in [0.2, 0.25) is 0 Å². The van der Waals surface area contributed by atoms with Gasteiger partial charge in [-0.2, -0.15) is 0 Å². The zero-order valence-corrected chi connectivity index (χ0v) is 19.4. The van der Waals surface area contributed by atoms with E-state index in [9.17, 15) is 0 Å².